The third-order valence-corrected chi connectivity index (χ3v) is 4.05. The summed E-state index contributed by atoms with van der Waals surface area (Å²) < 4.78 is 0. The van der Waals surface area contributed by atoms with Crippen LogP contribution in [0.5, 0.6) is 0 Å². The van der Waals surface area contributed by atoms with Crippen molar-refractivity contribution in [2.45, 2.75) is 36.5 Å². The maximum Gasteiger partial charge on any atom is 0.237 e. The molecule has 1 amide bonds. The van der Waals surface area contributed by atoms with Crippen LogP contribution < -0.4 is 11.1 Å². The van der Waals surface area contributed by atoms with Crippen LogP contribution in [0.2, 0.25) is 0 Å². The zero-order chi connectivity index (χ0) is 13.3. The van der Waals surface area contributed by atoms with Gasteiger partial charge in [0.1, 0.15) is 5.78 Å². The van der Waals surface area contributed by atoms with E-state index in [-0.39, 0.29) is 23.0 Å². The lowest BCUT2D eigenvalue weighted by Crippen LogP contribution is -2.26. The first-order valence-electron chi connectivity index (χ1n) is 5.84. The summed E-state index contributed by atoms with van der Waals surface area (Å²) in [6, 6.07) is 5.42. The van der Waals surface area contributed by atoms with Crippen molar-refractivity contribution < 1.29 is 9.59 Å². The largest absolute Gasteiger partial charge is 0.324 e. The summed E-state index contributed by atoms with van der Waals surface area (Å²) in [5, 5.41) is 2.78. The number of ketones is 1. The van der Waals surface area contributed by atoms with Gasteiger partial charge in [-0.1, -0.05) is 6.07 Å². The number of nitrogens with one attached hydrogen (secondary N) is 1. The molecule has 2 rings (SSSR count). The van der Waals surface area contributed by atoms with Crippen LogP contribution in [-0.2, 0) is 9.59 Å². The number of rotatable bonds is 3. The van der Waals surface area contributed by atoms with Gasteiger partial charge in [0, 0.05) is 17.4 Å². The maximum atomic E-state index is 11.6. The van der Waals surface area contributed by atoms with E-state index in [2.05, 4.69) is 5.32 Å². The van der Waals surface area contributed by atoms with Gasteiger partial charge in [-0.15, -0.1) is 11.8 Å². The van der Waals surface area contributed by atoms with E-state index in [1.54, 1.807) is 0 Å². The summed E-state index contributed by atoms with van der Waals surface area (Å²) >= 11 is 1.53. The average molecular weight is 264 g/mol. The van der Waals surface area contributed by atoms with Gasteiger partial charge in [-0.2, -0.15) is 0 Å². The molecule has 0 aromatic heterocycles. The molecule has 1 aliphatic heterocycles. The van der Waals surface area contributed by atoms with Crippen molar-refractivity contribution >= 4 is 29.1 Å². The summed E-state index contributed by atoms with van der Waals surface area (Å²) in [5.74, 6) is 0.0667. The Kier molecular flexibility index (Phi) is 3.73. The first kappa shape index (κ1) is 13.1. The third kappa shape index (κ3) is 2.73. The van der Waals surface area contributed by atoms with E-state index >= 15 is 0 Å². The van der Waals surface area contributed by atoms with Crippen LogP contribution >= 0.6 is 11.8 Å². The minimum Gasteiger partial charge on any atom is -0.324 e. The Bertz CT molecular complexity index is 502. The number of thioether (sulfide) groups is 1. The fraction of sp³-hybridized carbons (Fsp3) is 0.385. The lowest BCUT2D eigenvalue weighted by atomic mass is 10.0. The highest BCUT2D eigenvalue weighted by molar-refractivity contribution is 8.00. The van der Waals surface area contributed by atoms with Crippen LogP contribution in [0, 0.1) is 0 Å². The molecular weight excluding hydrogens is 248 g/mol. The normalized spacial score (nSPS) is 19.9. The number of fused-ring (bicyclic) bond motifs is 1. The second-order valence-corrected chi connectivity index (χ2v) is 5.90. The number of nitrogens with two attached hydrogens (primary N) is 1. The lowest BCUT2D eigenvalue weighted by Gasteiger charge is -2.22. The van der Waals surface area contributed by atoms with E-state index in [1.807, 2.05) is 25.1 Å². The number of hydrogen-bond donors (Lipinski definition) is 2. The zero-order valence-electron chi connectivity index (χ0n) is 10.4. The number of hydrogen-bond acceptors (Lipinski definition) is 4. The molecule has 1 heterocycles. The predicted molar refractivity (Wildman–Crippen MR) is 72.6 cm³/mol. The monoisotopic (exact) mass is 264 g/mol. The van der Waals surface area contributed by atoms with Crippen LogP contribution in [0.4, 0.5) is 5.69 Å². The van der Waals surface area contributed by atoms with Gasteiger partial charge in [-0.05, 0) is 31.5 Å². The molecule has 96 valence electrons. The Balaban J connectivity index is 2.24. The highest BCUT2D eigenvalue weighted by Gasteiger charge is 2.23. The molecule has 18 heavy (non-hydrogen) atoms. The minimum absolute atomic E-state index is 0.00443. The number of carbonyl (C=O) groups excluding carboxylic acids is 2. The van der Waals surface area contributed by atoms with Crippen LogP contribution in [0.3, 0.4) is 0 Å². The molecule has 0 aliphatic carbocycles. The Hall–Kier alpha value is -1.33. The quantitative estimate of drug-likeness (QED) is 0.877. The predicted octanol–water partition coefficient (Wildman–Crippen LogP) is 2.10. The number of benzene rings is 1. The molecule has 0 saturated carbocycles. The Morgan fingerprint density at radius 3 is 2.94 bits per heavy atom. The van der Waals surface area contributed by atoms with Crippen molar-refractivity contribution in [3.63, 3.8) is 0 Å². The van der Waals surface area contributed by atoms with Crippen LogP contribution in [0.25, 0.3) is 0 Å². The summed E-state index contributed by atoms with van der Waals surface area (Å²) in [7, 11) is 0. The van der Waals surface area contributed by atoms with Gasteiger partial charge >= 0.3 is 0 Å². The smallest absolute Gasteiger partial charge is 0.237 e. The molecule has 0 bridgehead atoms. The molecule has 0 saturated heterocycles. The highest BCUT2D eigenvalue weighted by atomic mass is 32.2. The van der Waals surface area contributed by atoms with E-state index in [0.717, 1.165) is 16.1 Å². The average Bonchev–Trinajstić information content (AvgIpc) is 2.29. The molecule has 3 N–H and O–H groups in total. The van der Waals surface area contributed by atoms with Gasteiger partial charge < -0.3 is 11.1 Å². The zero-order valence-corrected chi connectivity index (χ0v) is 11.2. The summed E-state index contributed by atoms with van der Waals surface area (Å²) in [4.78, 5) is 23.7. The highest BCUT2D eigenvalue weighted by Crippen LogP contribution is 2.36. The van der Waals surface area contributed by atoms with Crippen molar-refractivity contribution in [1.82, 2.24) is 0 Å². The van der Waals surface area contributed by atoms with E-state index < -0.39 is 0 Å². The first-order valence-corrected chi connectivity index (χ1v) is 6.72. The number of carbonyl (C=O) groups is 2. The van der Waals surface area contributed by atoms with Gasteiger partial charge in [0.15, 0.2) is 0 Å². The number of anilines is 1. The van der Waals surface area contributed by atoms with Crippen LogP contribution in [0.1, 0.15) is 31.9 Å². The minimum atomic E-state index is -0.311. The van der Waals surface area contributed by atoms with Crippen molar-refractivity contribution in [3.05, 3.63) is 23.8 Å². The van der Waals surface area contributed by atoms with E-state index in [0.29, 0.717) is 6.42 Å². The van der Waals surface area contributed by atoms with E-state index in [9.17, 15) is 9.59 Å². The third-order valence-electron chi connectivity index (χ3n) is 2.87. The fourth-order valence-corrected chi connectivity index (χ4v) is 2.81. The SMILES string of the molecule is CC(=O)CC(N)c1ccc2c(c1)NC(=O)C(C)S2. The van der Waals surface area contributed by atoms with Crippen molar-refractivity contribution in [3.8, 4) is 0 Å². The first-order chi connectivity index (χ1) is 8.47. The molecule has 5 heteroatoms. The van der Waals surface area contributed by atoms with E-state index in [4.69, 9.17) is 5.73 Å². The molecular formula is C13H16N2O2S. The van der Waals surface area contributed by atoms with Crippen molar-refractivity contribution in [2.24, 2.45) is 5.73 Å². The lowest BCUT2D eigenvalue weighted by molar-refractivity contribution is -0.117. The van der Waals surface area contributed by atoms with E-state index in [1.165, 1.54) is 18.7 Å². The van der Waals surface area contributed by atoms with Gasteiger partial charge in [0.05, 0.1) is 10.9 Å². The van der Waals surface area contributed by atoms with Crippen LogP contribution in [0.15, 0.2) is 23.1 Å². The summed E-state index contributed by atoms with van der Waals surface area (Å²) in [5.41, 5.74) is 7.62. The molecule has 1 aromatic rings. The molecule has 0 fully saturated rings. The molecule has 1 aliphatic rings. The molecule has 0 spiro atoms. The van der Waals surface area contributed by atoms with Gasteiger partial charge in [0.2, 0.25) is 5.91 Å². The molecule has 1 aromatic carbocycles. The topological polar surface area (TPSA) is 72.2 Å². The van der Waals surface area contributed by atoms with Gasteiger partial charge in [-0.3, -0.25) is 9.59 Å². The second-order valence-electron chi connectivity index (χ2n) is 4.52. The van der Waals surface area contributed by atoms with Gasteiger partial charge in [0.25, 0.3) is 0 Å². The molecule has 2 unspecified atom stereocenters. The number of Topliss-reactive ketones (excluding diaryl/α,β-unsaturated/α-hetero) is 1. The number of amides is 1. The van der Waals surface area contributed by atoms with Crippen LogP contribution in [-0.4, -0.2) is 16.9 Å². The maximum absolute atomic E-state index is 11.6. The Labute approximate surface area is 110 Å². The Morgan fingerprint density at radius 2 is 2.28 bits per heavy atom. The van der Waals surface area contributed by atoms with Crippen molar-refractivity contribution in [2.75, 3.05) is 5.32 Å². The molecule has 0 radical (unpaired) electrons. The summed E-state index contributed by atoms with van der Waals surface area (Å²) in [6.07, 6.45) is 0.316. The standard InChI is InChI=1S/C13H16N2O2S/c1-7(16)5-10(14)9-3-4-12-11(6-9)15-13(17)8(2)18-12/h3-4,6,8,10H,5,14H2,1-2H3,(H,15,17). The van der Waals surface area contributed by atoms with Gasteiger partial charge in [-0.25, -0.2) is 0 Å². The molecule has 2 atom stereocenters. The second kappa shape index (κ2) is 5.12. The summed E-state index contributed by atoms with van der Waals surface area (Å²) in [6.45, 7) is 3.40. The van der Waals surface area contributed by atoms with Crippen molar-refractivity contribution in [1.29, 1.82) is 0 Å². The molecule has 4 nitrogen and oxygen atoms in total. The fourth-order valence-electron chi connectivity index (χ4n) is 1.88. The Morgan fingerprint density at radius 1 is 1.56 bits per heavy atom.